The van der Waals surface area contributed by atoms with E-state index in [1.165, 1.54) is 11.1 Å². The third-order valence-electron chi connectivity index (χ3n) is 3.39. The summed E-state index contributed by atoms with van der Waals surface area (Å²) in [6.07, 6.45) is 1.86. The molecule has 0 radical (unpaired) electrons. The van der Waals surface area contributed by atoms with Gasteiger partial charge in [-0.05, 0) is 31.2 Å². The minimum absolute atomic E-state index is 0.522. The number of fused-ring (bicyclic) bond motifs is 1. The average Bonchev–Trinajstić information content (AvgIpc) is 2.37. The molecule has 1 fully saturated rings. The molecule has 2 aromatic rings. The first kappa shape index (κ1) is 11.8. The van der Waals surface area contributed by atoms with Crippen LogP contribution in [0.1, 0.15) is 6.92 Å². The van der Waals surface area contributed by atoms with Crippen molar-refractivity contribution in [3.8, 4) is 0 Å². The van der Waals surface area contributed by atoms with Gasteiger partial charge < -0.3 is 10.2 Å². The van der Waals surface area contributed by atoms with Crippen LogP contribution in [0, 0.1) is 0 Å². The predicted octanol–water partition coefficient (Wildman–Crippen LogP) is 2.69. The minimum Gasteiger partial charge on any atom is -0.368 e. The van der Waals surface area contributed by atoms with E-state index in [4.69, 9.17) is 11.6 Å². The highest BCUT2D eigenvalue weighted by atomic mass is 35.5. The van der Waals surface area contributed by atoms with E-state index >= 15 is 0 Å². The second kappa shape index (κ2) is 4.75. The summed E-state index contributed by atoms with van der Waals surface area (Å²) < 4.78 is 0. The Kier molecular flexibility index (Phi) is 3.10. The summed E-state index contributed by atoms with van der Waals surface area (Å²) in [5.74, 6) is 0. The summed E-state index contributed by atoms with van der Waals surface area (Å²) in [6.45, 7) is 5.30. The summed E-state index contributed by atoms with van der Waals surface area (Å²) in [5, 5.41) is 5.37. The summed E-state index contributed by atoms with van der Waals surface area (Å²) in [4.78, 5) is 6.81. The van der Waals surface area contributed by atoms with E-state index in [-0.39, 0.29) is 0 Å². The van der Waals surface area contributed by atoms with Crippen molar-refractivity contribution in [2.45, 2.75) is 13.0 Å². The van der Waals surface area contributed by atoms with Crippen molar-refractivity contribution in [2.75, 3.05) is 24.5 Å². The zero-order valence-corrected chi connectivity index (χ0v) is 11.1. The minimum atomic E-state index is 0.522. The fourth-order valence-electron chi connectivity index (χ4n) is 2.53. The SMILES string of the molecule is C[C@@H]1CN(c2ccnc3cc(Cl)ccc23)CCN1. The van der Waals surface area contributed by atoms with Gasteiger partial charge in [0.15, 0.2) is 0 Å². The van der Waals surface area contributed by atoms with Crippen molar-refractivity contribution in [1.29, 1.82) is 0 Å². The van der Waals surface area contributed by atoms with Crippen LogP contribution in [0.5, 0.6) is 0 Å². The summed E-state index contributed by atoms with van der Waals surface area (Å²) in [5.41, 5.74) is 2.22. The van der Waals surface area contributed by atoms with Crippen LogP contribution in [-0.4, -0.2) is 30.7 Å². The van der Waals surface area contributed by atoms with Gasteiger partial charge in [0.1, 0.15) is 0 Å². The highest BCUT2D eigenvalue weighted by molar-refractivity contribution is 6.31. The molecule has 1 atom stereocenters. The molecular formula is C14H16ClN3. The first-order valence-electron chi connectivity index (χ1n) is 6.26. The van der Waals surface area contributed by atoms with Gasteiger partial charge in [-0.2, -0.15) is 0 Å². The molecule has 3 nitrogen and oxygen atoms in total. The number of aromatic nitrogens is 1. The molecule has 4 heteroatoms. The largest absolute Gasteiger partial charge is 0.368 e. The van der Waals surface area contributed by atoms with Crippen LogP contribution in [0.2, 0.25) is 5.02 Å². The molecule has 1 aliphatic rings. The summed E-state index contributed by atoms with van der Waals surface area (Å²) >= 11 is 6.02. The molecule has 1 aromatic heterocycles. The molecule has 3 rings (SSSR count). The van der Waals surface area contributed by atoms with Gasteiger partial charge in [-0.15, -0.1) is 0 Å². The second-order valence-corrected chi connectivity index (χ2v) is 5.23. The van der Waals surface area contributed by atoms with E-state index in [9.17, 15) is 0 Å². The fourth-order valence-corrected chi connectivity index (χ4v) is 2.70. The van der Waals surface area contributed by atoms with Gasteiger partial charge in [0.2, 0.25) is 0 Å². The van der Waals surface area contributed by atoms with Gasteiger partial charge in [0.05, 0.1) is 5.52 Å². The first-order chi connectivity index (χ1) is 8.74. The van der Waals surface area contributed by atoms with E-state index in [0.717, 1.165) is 30.2 Å². The Morgan fingerprint density at radius 2 is 2.28 bits per heavy atom. The number of anilines is 1. The smallest absolute Gasteiger partial charge is 0.0737 e. The zero-order valence-electron chi connectivity index (χ0n) is 10.4. The zero-order chi connectivity index (χ0) is 12.5. The molecule has 2 heterocycles. The van der Waals surface area contributed by atoms with E-state index in [1.54, 1.807) is 0 Å². The molecule has 1 saturated heterocycles. The molecular weight excluding hydrogens is 246 g/mol. The number of nitrogens with one attached hydrogen (secondary N) is 1. The number of hydrogen-bond acceptors (Lipinski definition) is 3. The standard InChI is InChI=1S/C14H16ClN3/c1-10-9-18(7-6-16-10)14-4-5-17-13-8-11(15)2-3-12(13)14/h2-5,8,10,16H,6-7,9H2,1H3/t10-/m1/s1. The molecule has 0 spiro atoms. The molecule has 1 aliphatic heterocycles. The van der Waals surface area contributed by atoms with E-state index in [1.807, 2.05) is 18.3 Å². The number of pyridine rings is 1. The van der Waals surface area contributed by atoms with Gasteiger partial charge >= 0.3 is 0 Å². The Labute approximate surface area is 112 Å². The summed E-state index contributed by atoms with van der Waals surface area (Å²) in [6, 6.07) is 8.53. The van der Waals surface area contributed by atoms with E-state index in [0.29, 0.717) is 6.04 Å². The maximum Gasteiger partial charge on any atom is 0.0737 e. The average molecular weight is 262 g/mol. The van der Waals surface area contributed by atoms with Gasteiger partial charge in [0, 0.05) is 48.0 Å². The lowest BCUT2D eigenvalue weighted by Gasteiger charge is -2.34. The topological polar surface area (TPSA) is 28.2 Å². The van der Waals surface area contributed by atoms with Crippen molar-refractivity contribution in [3.63, 3.8) is 0 Å². The molecule has 0 saturated carbocycles. The van der Waals surface area contributed by atoms with Crippen LogP contribution in [0.15, 0.2) is 30.5 Å². The van der Waals surface area contributed by atoms with Crippen molar-refractivity contribution in [2.24, 2.45) is 0 Å². The Balaban J connectivity index is 2.05. The lowest BCUT2D eigenvalue weighted by atomic mass is 10.1. The Hall–Kier alpha value is -1.32. The number of rotatable bonds is 1. The van der Waals surface area contributed by atoms with Crippen molar-refractivity contribution < 1.29 is 0 Å². The lowest BCUT2D eigenvalue weighted by Crippen LogP contribution is -2.49. The summed E-state index contributed by atoms with van der Waals surface area (Å²) in [7, 11) is 0. The fraction of sp³-hybridized carbons (Fsp3) is 0.357. The van der Waals surface area contributed by atoms with E-state index in [2.05, 4.69) is 34.3 Å². The molecule has 1 aromatic carbocycles. The van der Waals surface area contributed by atoms with Gasteiger partial charge in [0.25, 0.3) is 0 Å². The van der Waals surface area contributed by atoms with Crippen molar-refractivity contribution >= 4 is 28.2 Å². The van der Waals surface area contributed by atoms with Gasteiger partial charge in [-0.25, -0.2) is 0 Å². The van der Waals surface area contributed by atoms with Crippen molar-refractivity contribution in [3.05, 3.63) is 35.5 Å². The maximum absolute atomic E-state index is 6.02. The second-order valence-electron chi connectivity index (χ2n) is 4.79. The highest BCUT2D eigenvalue weighted by Gasteiger charge is 2.17. The van der Waals surface area contributed by atoms with Crippen LogP contribution in [-0.2, 0) is 0 Å². The molecule has 18 heavy (non-hydrogen) atoms. The molecule has 1 N–H and O–H groups in total. The predicted molar refractivity (Wildman–Crippen MR) is 76.4 cm³/mol. The Morgan fingerprint density at radius 3 is 3.11 bits per heavy atom. The number of nitrogens with zero attached hydrogens (tertiary/aromatic N) is 2. The van der Waals surface area contributed by atoms with Crippen LogP contribution >= 0.6 is 11.6 Å². The number of hydrogen-bond donors (Lipinski definition) is 1. The highest BCUT2D eigenvalue weighted by Crippen LogP contribution is 2.27. The third-order valence-corrected chi connectivity index (χ3v) is 3.63. The number of benzene rings is 1. The van der Waals surface area contributed by atoms with Crippen LogP contribution in [0.25, 0.3) is 10.9 Å². The molecule has 0 amide bonds. The number of piperazine rings is 1. The van der Waals surface area contributed by atoms with Gasteiger partial charge in [-0.1, -0.05) is 11.6 Å². The monoisotopic (exact) mass is 261 g/mol. The quantitative estimate of drug-likeness (QED) is 0.856. The molecule has 94 valence electrons. The number of halogens is 1. The Morgan fingerprint density at radius 1 is 1.39 bits per heavy atom. The molecule has 0 aliphatic carbocycles. The first-order valence-corrected chi connectivity index (χ1v) is 6.64. The van der Waals surface area contributed by atoms with Crippen LogP contribution < -0.4 is 10.2 Å². The van der Waals surface area contributed by atoms with Gasteiger partial charge in [-0.3, -0.25) is 4.98 Å². The van der Waals surface area contributed by atoms with Crippen LogP contribution in [0.3, 0.4) is 0 Å². The molecule has 0 bridgehead atoms. The van der Waals surface area contributed by atoms with E-state index < -0.39 is 0 Å². The van der Waals surface area contributed by atoms with Crippen LogP contribution in [0.4, 0.5) is 5.69 Å². The molecule has 0 unspecified atom stereocenters. The van der Waals surface area contributed by atoms with Crippen molar-refractivity contribution in [1.82, 2.24) is 10.3 Å². The Bertz CT molecular complexity index is 570. The normalized spacial score (nSPS) is 20.3. The third kappa shape index (κ3) is 2.16. The maximum atomic E-state index is 6.02. The lowest BCUT2D eigenvalue weighted by molar-refractivity contribution is 0.485.